The van der Waals surface area contributed by atoms with Crippen LogP contribution in [0.5, 0.6) is 0 Å². The summed E-state index contributed by atoms with van der Waals surface area (Å²) in [5.41, 5.74) is 3.27. The molecule has 0 fully saturated rings. The normalized spacial score (nSPS) is 16.0. The van der Waals surface area contributed by atoms with Crippen LogP contribution in [0.25, 0.3) is 5.82 Å². The van der Waals surface area contributed by atoms with Gasteiger partial charge in [-0.3, -0.25) is 4.79 Å². The topological polar surface area (TPSA) is 46.9 Å². The third kappa shape index (κ3) is 3.37. The second-order valence-electron chi connectivity index (χ2n) is 6.65. The number of carbonyl (C=O) groups is 1. The van der Waals surface area contributed by atoms with E-state index in [9.17, 15) is 9.18 Å². The fourth-order valence-corrected chi connectivity index (χ4v) is 4.69. The molecule has 1 N–H and O–H groups in total. The lowest BCUT2D eigenvalue weighted by Crippen LogP contribution is -2.31. The summed E-state index contributed by atoms with van der Waals surface area (Å²) in [6.45, 7) is 3.88. The zero-order valence-corrected chi connectivity index (χ0v) is 16.0. The number of thioether (sulfide) groups is 1. The predicted molar refractivity (Wildman–Crippen MR) is 105 cm³/mol. The SMILES string of the molecule is Cc1cc(C(=O)NC2CCSc3ccc(F)cc32)c(C)n1-c1ccccn1. The molecule has 1 aliphatic heterocycles. The van der Waals surface area contributed by atoms with Gasteiger partial charge in [0.15, 0.2) is 0 Å². The summed E-state index contributed by atoms with van der Waals surface area (Å²) in [4.78, 5) is 18.4. The van der Waals surface area contributed by atoms with Crippen LogP contribution in [-0.2, 0) is 0 Å². The number of hydrogen-bond acceptors (Lipinski definition) is 3. The van der Waals surface area contributed by atoms with Crippen LogP contribution in [0.4, 0.5) is 4.39 Å². The molecule has 27 heavy (non-hydrogen) atoms. The third-order valence-corrected chi connectivity index (χ3v) is 5.99. The second kappa shape index (κ2) is 7.19. The highest BCUT2D eigenvalue weighted by atomic mass is 32.2. The number of nitrogens with one attached hydrogen (secondary N) is 1. The Balaban J connectivity index is 1.63. The Morgan fingerprint density at radius 1 is 1.26 bits per heavy atom. The quantitative estimate of drug-likeness (QED) is 0.722. The highest BCUT2D eigenvalue weighted by Gasteiger charge is 2.25. The fourth-order valence-electron chi connectivity index (χ4n) is 3.58. The Morgan fingerprint density at radius 3 is 2.89 bits per heavy atom. The van der Waals surface area contributed by atoms with Gasteiger partial charge in [0.1, 0.15) is 11.6 Å². The average Bonchev–Trinajstić information content (AvgIpc) is 2.97. The van der Waals surface area contributed by atoms with Crippen molar-refractivity contribution >= 4 is 17.7 Å². The monoisotopic (exact) mass is 381 g/mol. The molecule has 1 aliphatic rings. The van der Waals surface area contributed by atoms with Crippen LogP contribution < -0.4 is 5.32 Å². The molecule has 0 aliphatic carbocycles. The van der Waals surface area contributed by atoms with Crippen molar-refractivity contribution in [2.45, 2.75) is 31.2 Å². The van der Waals surface area contributed by atoms with Gasteiger partial charge in [-0.2, -0.15) is 0 Å². The van der Waals surface area contributed by atoms with Gasteiger partial charge in [0.25, 0.3) is 5.91 Å². The standard InChI is InChI=1S/C21H20FN3OS/c1-13-11-16(14(2)25(13)20-5-3-4-9-23-20)21(26)24-18-8-10-27-19-7-6-15(22)12-17(18)19/h3-7,9,11-12,18H,8,10H2,1-2H3,(H,24,26). The zero-order chi connectivity index (χ0) is 19.0. The van der Waals surface area contributed by atoms with Crippen LogP contribution in [0.3, 0.4) is 0 Å². The van der Waals surface area contributed by atoms with Gasteiger partial charge in [0.2, 0.25) is 0 Å². The van der Waals surface area contributed by atoms with E-state index in [-0.39, 0.29) is 17.8 Å². The van der Waals surface area contributed by atoms with Crippen molar-refractivity contribution in [3.05, 3.63) is 77.0 Å². The first-order valence-electron chi connectivity index (χ1n) is 8.88. The molecular formula is C21H20FN3OS. The molecular weight excluding hydrogens is 361 g/mol. The Bertz CT molecular complexity index is 1000. The molecule has 2 aromatic heterocycles. The molecule has 0 bridgehead atoms. The summed E-state index contributed by atoms with van der Waals surface area (Å²) in [5.74, 6) is 1.27. The number of fused-ring (bicyclic) bond motifs is 1. The maximum absolute atomic E-state index is 13.7. The predicted octanol–water partition coefficient (Wildman–Crippen LogP) is 4.60. The van der Waals surface area contributed by atoms with Crippen LogP contribution >= 0.6 is 11.8 Å². The molecule has 138 valence electrons. The van der Waals surface area contributed by atoms with Crippen molar-refractivity contribution in [1.82, 2.24) is 14.9 Å². The van der Waals surface area contributed by atoms with Crippen molar-refractivity contribution < 1.29 is 9.18 Å². The molecule has 3 heterocycles. The molecule has 4 nitrogen and oxygen atoms in total. The lowest BCUT2D eigenvalue weighted by atomic mass is 10.0. The Hall–Kier alpha value is -2.60. The third-order valence-electron chi connectivity index (χ3n) is 4.87. The van der Waals surface area contributed by atoms with E-state index < -0.39 is 0 Å². The Kier molecular flexibility index (Phi) is 4.74. The first-order chi connectivity index (χ1) is 13.0. The van der Waals surface area contributed by atoms with Gasteiger partial charge in [0, 0.05) is 28.2 Å². The van der Waals surface area contributed by atoms with Crippen molar-refractivity contribution in [2.24, 2.45) is 0 Å². The smallest absolute Gasteiger partial charge is 0.253 e. The number of halogens is 1. The van der Waals surface area contributed by atoms with E-state index in [0.717, 1.165) is 39.8 Å². The van der Waals surface area contributed by atoms with E-state index in [4.69, 9.17) is 0 Å². The highest BCUT2D eigenvalue weighted by Crippen LogP contribution is 2.36. The average molecular weight is 381 g/mol. The second-order valence-corrected chi connectivity index (χ2v) is 7.79. The molecule has 4 rings (SSSR count). The summed E-state index contributed by atoms with van der Waals surface area (Å²) in [6.07, 6.45) is 2.52. The number of amides is 1. The van der Waals surface area contributed by atoms with Crippen molar-refractivity contribution in [3.8, 4) is 5.82 Å². The number of aryl methyl sites for hydroxylation is 1. The summed E-state index contributed by atoms with van der Waals surface area (Å²) in [5, 5.41) is 3.10. The number of benzene rings is 1. The summed E-state index contributed by atoms with van der Waals surface area (Å²) < 4.78 is 15.7. The Morgan fingerprint density at radius 2 is 2.11 bits per heavy atom. The molecule has 6 heteroatoms. The minimum Gasteiger partial charge on any atom is -0.345 e. The summed E-state index contributed by atoms with van der Waals surface area (Å²) in [7, 11) is 0. The van der Waals surface area contributed by atoms with Crippen LogP contribution in [-0.4, -0.2) is 21.2 Å². The minimum absolute atomic E-state index is 0.141. The largest absolute Gasteiger partial charge is 0.345 e. The highest BCUT2D eigenvalue weighted by molar-refractivity contribution is 7.99. The van der Waals surface area contributed by atoms with Crippen LogP contribution in [0.15, 0.2) is 53.6 Å². The van der Waals surface area contributed by atoms with Crippen LogP contribution in [0, 0.1) is 19.7 Å². The van der Waals surface area contributed by atoms with Gasteiger partial charge < -0.3 is 9.88 Å². The van der Waals surface area contributed by atoms with Gasteiger partial charge in [-0.15, -0.1) is 11.8 Å². The zero-order valence-electron chi connectivity index (χ0n) is 15.2. The van der Waals surface area contributed by atoms with E-state index in [2.05, 4.69) is 10.3 Å². The van der Waals surface area contributed by atoms with E-state index in [1.165, 1.54) is 12.1 Å². The van der Waals surface area contributed by atoms with Crippen molar-refractivity contribution in [3.63, 3.8) is 0 Å². The number of carbonyl (C=O) groups excluding carboxylic acids is 1. The number of rotatable bonds is 3. The molecule has 1 atom stereocenters. The van der Waals surface area contributed by atoms with Gasteiger partial charge >= 0.3 is 0 Å². The molecule has 0 spiro atoms. The van der Waals surface area contributed by atoms with Gasteiger partial charge in [-0.25, -0.2) is 9.37 Å². The minimum atomic E-state index is -0.274. The molecule has 1 unspecified atom stereocenters. The van der Waals surface area contributed by atoms with Crippen molar-refractivity contribution in [2.75, 3.05) is 5.75 Å². The number of nitrogens with zero attached hydrogens (tertiary/aromatic N) is 2. The van der Waals surface area contributed by atoms with Gasteiger partial charge in [-0.05, 0) is 62.2 Å². The molecule has 0 saturated carbocycles. The number of hydrogen-bond donors (Lipinski definition) is 1. The van der Waals surface area contributed by atoms with Crippen LogP contribution in [0.1, 0.15) is 39.8 Å². The first-order valence-corrected chi connectivity index (χ1v) is 9.86. The first kappa shape index (κ1) is 17.8. The van der Waals surface area contributed by atoms with Gasteiger partial charge in [0.05, 0.1) is 11.6 Å². The number of pyridine rings is 1. The van der Waals surface area contributed by atoms with E-state index in [1.54, 1.807) is 24.0 Å². The van der Waals surface area contributed by atoms with E-state index in [1.807, 2.05) is 42.7 Å². The van der Waals surface area contributed by atoms with Crippen LogP contribution in [0.2, 0.25) is 0 Å². The molecule has 1 amide bonds. The molecule has 1 aromatic carbocycles. The maximum Gasteiger partial charge on any atom is 0.253 e. The lowest BCUT2D eigenvalue weighted by Gasteiger charge is -2.26. The molecule has 0 saturated heterocycles. The lowest BCUT2D eigenvalue weighted by molar-refractivity contribution is 0.0934. The Labute approximate surface area is 161 Å². The molecule has 0 radical (unpaired) electrons. The van der Waals surface area contributed by atoms with E-state index in [0.29, 0.717) is 5.56 Å². The summed E-state index contributed by atoms with van der Waals surface area (Å²) in [6, 6.07) is 12.2. The van der Waals surface area contributed by atoms with Gasteiger partial charge in [-0.1, -0.05) is 6.07 Å². The molecule has 3 aromatic rings. The summed E-state index contributed by atoms with van der Waals surface area (Å²) >= 11 is 1.70. The maximum atomic E-state index is 13.7. The van der Waals surface area contributed by atoms with Crippen molar-refractivity contribution in [1.29, 1.82) is 0 Å². The van der Waals surface area contributed by atoms with E-state index >= 15 is 0 Å². The number of aromatic nitrogens is 2. The fraction of sp³-hybridized carbons (Fsp3) is 0.238.